The number of carbonyl (C=O) groups excluding carboxylic acids is 1. The molecule has 5 heterocycles. The van der Waals surface area contributed by atoms with Gasteiger partial charge in [-0.05, 0) is 117 Å². The molecular weight excluding hydrogens is 534 g/mol. The summed E-state index contributed by atoms with van der Waals surface area (Å²) in [4.78, 5) is 32.2. The van der Waals surface area contributed by atoms with Gasteiger partial charge in [-0.1, -0.05) is 19.6 Å². The number of aromatic amines is 2. The second kappa shape index (κ2) is 12.2. The molecule has 0 spiro atoms. The summed E-state index contributed by atoms with van der Waals surface area (Å²) in [7, 11) is 1.80. The highest BCUT2D eigenvalue weighted by atomic mass is 16.3. The average Bonchev–Trinajstić information content (AvgIpc) is 3.68. The smallest absolute Gasteiger partial charge is 0.222 e. The van der Waals surface area contributed by atoms with E-state index in [4.69, 9.17) is 9.97 Å². The van der Waals surface area contributed by atoms with Crippen LogP contribution in [-0.4, -0.2) is 56.0 Å². The van der Waals surface area contributed by atoms with Crippen molar-refractivity contribution >= 4 is 56.3 Å². The molecular formula is C36H43N5O2. The summed E-state index contributed by atoms with van der Waals surface area (Å²) in [6.07, 6.45) is 4.33. The maximum absolute atomic E-state index is 13.0. The number of fused-ring (bicyclic) bond motifs is 8. The lowest BCUT2D eigenvalue weighted by molar-refractivity contribution is -0.129. The number of H-pyrrole nitrogens is 2. The molecule has 0 saturated heterocycles. The number of rotatable bonds is 8. The van der Waals surface area contributed by atoms with E-state index < -0.39 is 0 Å². The van der Waals surface area contributed by atoms with Crippen molar-refractivity contribution in [2.45, 2.75) is 67.2 Å². The zero-order chi connectivity index (χ0) is 31.0. The lowest BCUT2D eigenvalue weighted by Crippen LogP contribution is -2.28. The molecule has 0 aliphatic carbocycles. The summed E-state index contributed by atoms with van der Waals surface area (Å²) < 4.78 is 0. The zero-order valence-electron chi connectivity index (χ0n) is 26.5. The number of hydrogen-bond acceptors (Lipinski definition) is 4. The van der Waals surface area contributed by atoms with E-state index in [2.05, 4.69) is 82.4 Å². The molecule has 224 valence electrons. The minimum absolute atomic E-state index is 0.0635. The van der Waals surface area contributed by atoms with Crippen LogP contribution in [0, 0.1) is 20.8 Å². The molecule has 3 N–H and O–H groups in total. The van der Waals surface area contributed by atoms with Gasteiger partial charge in [-0.3, -0.25) is 4.79 Å². The third-order valence-electron chi connectivity index (χ3n) is 8.99. The van der Waals surface area contributed by atoms with E-state index in [1.807, 2.05) is 6.08 Å². The van der Waals surface area contributed by atoms with E-state index in [9.17, 15) is 9.90 Å². The molecule has 0 radical (unpaired) electrons. The van der Waals surface area contributed by atoms with Crippen molar-refractivity contribution in [1.82, 2.24) is 24.8 Å². The van der Waals surface area contributed by atoms with Crippen molar-refractivity contribution in [3.05, 3.63) is 75.9 Å². The van der Waals surface area contributed by atoms with Gasteiger partial charge >= 0.3 is 0 Å². The first-order valence-electron chi connectivity index (χ1n) is 15.2. The molecule has 7 heteroatoms. The number of aromatic nitrogens is 4. The number of allylic oxidation sites excluding steroid dienone is 4. The van der Waals surface area contributed by atoms with E-state index in [0.717, 1.165) is 84.7 Å². The van der Waals surface area contributed by atoms with Crippen molar-refractivity contribution in [2.24, 2.45) is 0 Å². The SMILES string of the molecule is C=Cc1c(C)c2cc3nc(c(C)c4cc(C)c(cc5nc(cc1[nH]2)C(C)=C5CC)[nH]4)C(CCC(=O)N(C)CCCO)=C3C. The van der Waals surface area contributed by atoms with Crippen LogP contribution in [0.1, 0.15) is 91.5 Å². The third kappa shape index (κ3) is 5.62. The Kier molecular flexibility index (Phi) is 8.56. The second-order valence-electron chi connectivity index (χ2n) is 11.7. The first kappa shape index (κ1) is 30.2. The van der Waals surface area contributed by atoms with Crippen molar-refractivity contribution in [2.75, 3.05) is 20.2 Å². The van der Waals surface area contributed by atoms with Gasteiger partial charge in [-0.2, -0.15) is 0 Å². The lowest BCUT2D eigenvalue weighted by Gasteiger charge is -2.17. The highest BCUT2D eigenvalue weighted by Gasteiger charge is 2.22. The van der Waals surface area contributed by atoms with Crippen molar-refractivity contribution in [3.63, 3.8) is 0 Å². The molecule has 0 fully saturated rings. The molecule has 1 amide bonds. The molecule has 0 unspecified atom stereocenters. The Morgan fingerprint density at radius 1 is 0.884 bits per heavy atom. The average molecular weight is 578 g/mol. The molecule has 0 saturated carbocycles. The second-order valence-corrected chi connectivity index (χ2v) is 11.7. The molecule has 8 bridgehead atoms. The number of aryl methyl sites for hydroxylation is 3. The number of aliphatic hydroxyl groups excluding tert-OH is 1. The highest BCUT2D eigenvalue weighted by Crippen LogP contribution is 2.37. The summed E-state index contributed by atoms with van der Waals surface area (Å²) in [6, 6.07) is 8.58. The summed E-state index contributed by atoms with van der Waals surface area (Å²) in [5, 5.41) is 9.19. The number of amides is 1. The van der Waals surface area contributed by atoms with Gasteiger partial charge in [0.2, 0.25) is 5.91 Å². The van der Waals surface area contributed by atoms with E-state index in [1.54, 1.807) is 11.9 Å². The molecule has 0 atom stereocenters. The van der Waals surface area contributed by atoms with Crippen LogP contribution < -0.4 is 0 Å². The van der Waals surface area contributed by atoms with Crippen molar-refractivity contribution in [3.8, 4) is 0 Å². The fourth-order valence-electron chi connectivity index (χ4n) is 6.19. The Hall–Kier alpha value is -4.23. The van der Waals surface area contributed by atoms with Gasteiger partial charge in [0.1, 0.15) is 0 Å². The fraction of sp³-hybridized carbons (Fsp3) is 0.361. The maximum atomic E-state index is 13.0. The Labute approximate surface area is 254 Å². The number of carbonyl (C=O) groups is 1. The number of nitrogens with zero attached hydrogens (tertiary/aromatic N) is 3. The minimum Gasteiger partial charge on any atom is -0.396 e. The maximum Gasteiger partial charge on any atom is 0.222 e. The van der Waals surface area contributed by atoms with Crippen molar-refractivity contribution in [1.29, 1.82) is 0 Å². The molecule has 0 aromatic carbocycles. The molecule has 3 aromatic heterocycles. The third-order valence-corrected chi connectivity index (χ3v) is 8.99. The van der Waals surface area contributed by atoms with Crippen LogP contribution >= 0.6 is 0 Å². The zero-order valence-corrected chi connectivity index (χ0v) is 26.5. The number of hydrogen-bond donors (Lipinski definition) is 3. The minimum atomic E-state index is 0.0635. The largest absolute Gasteiger partial charge is 0.396 e. The fourth-order valence-corrected chi connectivity index (χ4v) is 6.19. The molecule has 5 rings (SSSR count). The molecule has 7 nitrogen and oxygen atoms in total. The first-order chi connectivity index (χ1) is 20.6. The predicted molar refractivity (Wildman–Crippen MR) is 179 cm³/mol. The van der Waals surface area contributed by atoms with Gasteiger partial charge in [-0.25, -0.2) is 9.97 Å². The Morgan fingerprint density at radius 2 is 1.51 bits per heavy atom. The number of aliphatic hydroxyl groups is 1. The summed E-state index contributed by atoms with van der Waals surface area (Å²) in [6.45, 7) is 17.5. The monoisotopic (exact) mass is 577 g/mol. The van der Waals surface area contributed by atoms with Gasteiger partial charge in [0.05, 0.1) is 22.8 Å². The quantitative estimate of drug-likeness (QED) is 0.255. The topological polar surface area (TPSA) is 97.9 Å². The standard InChI is InChI=1S/C36H43N5O2/c1-9-25-22(5)31-19-34-26(10-2)21(4)30(38-34)18-32-23(6)27(12-13-35(43)41(8)14-11-15-42)36(40-32)24(7)29-16-20(3)28(37-29)17-33(25)39-31/h10,16-19,37-38,42H,2,9,11-15H2,1,3-8H3. The van der Waals surface area contributed by atoms with Crippen LogP contribution in [0.2, 0.25) is 0 Å². The summed E-state index contributed by atoms with van der Waals surface area (Å²) in [5.41, 5.74) is 16.7. The summed E-state index contributed by atoms with van der Waals surface area (Å²) >= 11 is 0. The van der Waals surface area contributed by atoms with Crippen LogP contribution in [0.5, 0.6) is 0 Å². The highest BCUT2D eigenvalue weighted by molar-refractivity contribution is 5.96. The van der Waals surface area contributed by atoms with Gasteiger partial charge in [0.25, 0.3) is 0 Å². The molecule has 3 aromatic rings. The molecule has 43 heavy (non-hydrogen) atoms. The van der Waals surface area contributed by atoms with Gasteiger partial charge < -0.3 is 20.0 Å². The molecule has 2 aliphatic rings. The Morgan fingerprint density at radius 3 is 2.21 bits per heavy atom. The van der Waals surface area contributed by atoms with Crippen LogP contribution in [0.25, 0.3) is 50.4 Å². The van der Waals surface area contributed by atoms with Crippen molar-refractivity contribution < 1.29 is 9.90 Å². The van der Waals surface area contributed by atoms with Crippen LogP contribution in [0.3, 0.4) is 0 Å². The van der Waals surface area contributed by atoms with Gasteiger partial charge in [-0.15, -0.1) is 0 Å². The van der Waals surface area contributed by atoms with E-state index in [1.165, 1.54) is 11.1 Å². The summed E-state index contributed by atoms with van der Waals surface area (Å²) in [5.74, 6) is 0.0635. The first-order valence-corrected chi connectivity index (χ1v) is 15.2. The van der Waals surface area contributed by atoms with Gasteiger partial charge in [0, 0.05) is 54.3 Å². The van der Waals surface area contributed by atoms with E-state index >= 15 is 0 Å². The van der Waals surface area contributed by atoms with E-state index in [0.29, 0.717) is 25.8 Å². The predicted octanol–water partition coefficient (Wildman–Crippen LogP) is 7.78. The Bertz CT molecular complexity index is 1850. The molecule has 2 aliphatic heterocycles. The van der Waals surface area contributed by atoms with E-state index in [-0.39, 0.29) is 12.5 Å². The van der Waals surface area contributed by atoms with Gasteiger partial charge in [0.15, 0.2) is 0 Å². The van der Waals surface area contributed by atoms with Crippen LogP contribution in [-0.2, 0) is 4.79 Å². The normalized spacial score (nSPS) is 13.2. The van der Waals surface area contributed by atoms with Crippen LogP contribution in [0.15, 0.2) is 30.8 Å². The lowest BCUT2D eigenvalue weighted by atomic mass is 9.98. The Balaban J connectivity index is 1.78. The number of nitrogens with one attached hydrogen (secondary N) is 2. The van der Waals surface area contributed by atoms with Crippen LogP contribution in [0.4, 0.5) is 0 Å².